The molecule has 1 aliphatic heterocycles. The van der Waals surface area contributed by atoms with E-state index in [0.717, 1.165) is 43.3 Å². The number of amides is 1. The van der Waals surface area contributed by atoms with Crippen molar-refractivity contribution in [2.24, 2.45) is 35.5 Å². The second kappa shape index (κ2) is 6.51. The Morgan fingerprint density at radius 2 is 1.38 bits per heavy atom. The zero-order chi connectivity index (χ0) is 17.7. The first kappa shape index (κ1) is 16.5. The maximum Gasteiger partial charge on any atom is 0.226 e. The van der Waals surface area contributed by atoms with E-state index in [2.05, 4.69) is 4.90 Å². The van der Waals surface area contributed by atoms with Crippen LogP contribution in [0.4, 0.5) is 0 Å². The lowest BCUT2D eigenvalue weighted by molar-refractivity contribution is -0.150. The number of hydrogen-bond acceptors (Lipinski definition) is 2. The zero-order valence-corrected chi connectivity index (χ0v) is 15.5. The summed E-state index contributed by atoms with van der Waals surface area (Å²) in [6, 6.07) is 9.63. The fourth-order valence-electron chi connectivity index (χ4n) is 6.74. The Morgan fingerprint density at radius 1 is 0.808 bits per heavy atom. The average molecular weight is 351 g/mol. The highest BCUT2D eigenvalue weighted by Gasteiger charge is 2.51. The van der Waals surface area contributed by atoms with Gasteiger partial charge in [0.2, 0.25) is 5.91 Å². The Hall–Kier alpha value is -1.64. The van der Waals surface area contributed by atoms with Crippen LogP contribution in [0.2, 0.25) is 0 Å². The fourth-order valence-corrected chi connectivity index (χ4v) is 6.74. The van der Waals surface area contributed by atoms with E-state index in [0.29, 0.717) is 23.7 Å². The summed E-state index contributed by atoms with van der Waals surface area (Å²) in [5.41, 5.74) is 0.818. The van der Waals surface area contributed by atoms with Gasteiger partial charge in [-0.1, -0.05) is 30.3 Å². The van der Waals surface area contributed by atoms with E-state index in [-0.39, 0.29) is 11.7 Å². The predicted octanol–water partition coefficient (Wildman–Crippen LogP) is 4.18. The maximum absolute atomic E-state index is 13.3. The van der Waals surface area contributed by atoms with Crippen molar-refractivity contribution in [1.82, 2.24) is 4.90 Å². The minimum absolute atomic E-state index is 0.0833. The summed E-state index contributed by atoms with van der Waals surface area (Å²) in [5, 5.41) is 0. The molecule has 1 heterocycles. The van der Waals surface area contributed by atoms with Crippen LogP contribution in [0.25, 0.3) is 0 Å². The molecule has 138 valence electrons. The minimum atomic E-state index is 0.0833. The normalized spacial score (nSPS) is 36.3. The average Bonchev–Trinajstić information content (AvgIpc) is 2.67. The number of rotatable bonds is 3. The second-order valence-corrected chi connectivity index (χ2v) is 9.29. The van der Waals surface area contributed by atoms with Crippen molar-refractivity contribution in [3.8, 4) is 0 Å². The zero-order valence-electron chi connectivity index (χ0n) is 15.5. The molecule has 4 saturated carbocycles. The molecule has 1 saturated heterocycles. The molecular formula is C23H29NO2. The van der Waals surface area contributed by atoms with Crippen molar-refractivity contribution in [1.29, 1.82) is 0 Å². The lowest BCUT2D eigenvalue weighted by Crippen LogP contribution is -2.53. The fraction of sp³-hybridized carbons (Fsp3) is 0.652. The van der Waals surface area contributed by atoms with Gasteiger partial charge in [-0.05, 0) is 68.6 Å². The molecule has 4 aliphatic carbocycles. The summed E-state index contributed by atoms with van der Waals surface area (Å²) >= 11 is 0. The molecule has 0 unspecified atom stereocenters. The van der Waals surface area contributed by atoms with Crippen LogP contribution in [-0.2, 0) is 4.79 Å². The Kier molecular flexibility index (Phi) is 4.14. The van der Waals surface area contributed by atoms with Gasteiger partial charge in [0.15, 0.2) is 5.78 Å². The van der Waals surface area contributed by atoms with Gasteiger partial charge in [0, 0.05) is 30.5 Å². The van der Waals surface area contributed by atoms with Crippen molar-refractivity contribution >= 4 is 11.7 Å². The summed E-state index contributed by atoms with van der Waals surface area (Å²) in [6.45, 7) is 1.54. The molecule has 5 aliphatic rings. The van der Waals surface area contributed by atoms with Crippen LogP contribution in [-0.4, -0.2) is 29.7 Å². The largest absolute Gasteiger partial charge is 0.342 e. The van der Waals surface area contributed by atoms with Crippen LogP contribution in [0.3, 0.4) is 0 Å². The van der Waals surface area contributed by atoms with Crippen LogP contribution in [0.1, 0.15) is 55.3 Å². The second-order valence-electron chi connectivity index (χ2n) is 9.29. The molecule has 0 N–H and O–H groups in total. The number of ketones is 1. The van der Waals surface area contributed by atoms with E-state index in [1.54, 1.807) is 0 Å². The van der Waals surface area contributed by atoms with Gasteiger partial charge in [0.1, 0.15) is 0 Å². The quantitative estimate of drug-likeness (QED) is 0.766. The first-order valence-electron chi connectivity index (χ1n) is 10.6. The van der Waals surface area contributed by atoms with Crippen LogP contribution in [0.15, 0.2) is 30.3 Å². The molecule has 1 aromatic carbocycles. The monoisotopic (exact) mass is 351 g/mol. The molecule has 0 radical (unpaired) electrons. The molecule has 5 fully saturated rings. The molecule has 26 heavy (non-hydrogen) atoms. The van der Waals surface area contributed by atoms with Crippen LogP contribution in [0, 0.1) is 35.5 Å². The predicted molar refractivity (Wildman–Crippen MR) is 101 cm³/mol. The van der Waals surface area contributed by atoms with Crippen molar-refractivity contribution in [3.63, 3.8) is 0 Å². The molecule has 4 bridgehead atoms. The Bertz CT molecular complexity index is 661. The van der Waals surface area contributed by atoms with Gasteiger partial charge in [0.25, 0.3) is 0 Å². The Morgan fingerprint density at radius 3 is 1.96 bits per heavy atom. The SMILES string of the molecule is O=C(c1ccccc1)C1CCN(C(=O)C2C3CC4CC(C3)CC2C4)CC1. The van der Waals surface area contributed by atoms with Crippen LogP contribution >= 0.6 is 0 Å². The minimum Gasteiger partial charge on any atom is -0.342 e. The molecule has 3 nitrogen and oxygen atoms in total. The van der Waals surface area contributed by atoms with E-state index in [1.807, 2.05) is 30.3 Å². The van der Waals surface area contributed by atoms with Gasteiger partial charge in [-0.2, -0.15) is 0 Å². The smallest absolute Gasteiger partial charge is 0.226 e. The molecular weight excluding hydrogens is 322 g/mol. The molecule has 6 rings (SSSR count). The topological polar surface area (TPSA) is 37.4 Å². The highest BCUT2D eigenvalue weighted by Crippen LogP contribution is 2.57. The van der Waals surface area contributed by atoms with Crippen LogP contribution < -0.4 is 0 Å². The molecule has 1 aromatic rings. The maximum atomic E-state index is 13.3. The highest BCUT2D eigenvalue weighted by molar-refractivity contribution is 5.98. The number of Topliss-reactive ketones (excluding diaryl/α,β-unsaturated/α-hetero) is 1. The van der Waals surface area contributed by atoms with E-state index in [9.17, 15) is 9.59 Å². The third-order valence-corrected chi connectivity index (χ3v) is 7.75. The summed E-state index contributed by atoms with van der Waals surface area (Å²) in [4.78, 5) is 28.0. The van der Waals surface area contributed by atoms with Gasteiger partial charge < -0.3 is 4.90 Å². The summed E-state index contributed by atoms with van der Waals surface area (Å²) in [5.74, 6) is 4.19. The van der Waals surface area contributed by atoms with Gasteiger partial charge in [-0.25, -0.2) is 0 Å². The standard InChI is InChI=1S/C23H29NO2/c25-22(17-4-2-1-3-5-17)18-6-8-24(9-7-18)23(26)21-19-11-15-10-16(13-19)14-20(21)12-15/h1-5,15-16,18-21H,6-14H2. The van der Waals surface area contributed by atoms with Crippen molar-refractivity contribution in [2.75, 3.05) is 13.1 Å². The van der Waals surface area contributed by atoms with Gasteiger partial charge in [-0.15, -0.1) is 0 Å². The number of nitrogens with zero attached hydrogens (tertiary/aromatic N) is 1. The van der Waals surface area contributed by atoms with Gasteiger partial charge >= 0.3 is 0 Å². The third kappa shape index (κ3) is 2.80. The van der Waals surface area contributed by atoms with E-state index < -0.39 is 0 Å². The van der Waals surface area contributed by atoms with E-state index in [4.69, 9.17) is 0 Å². The molecule has 1 amide bonds. The lowest BCUT2D eigenvalue weighted by atomic mass is 9.51. The summed E-state index contributed by atoms with van der Waals surface area (Å²) in [7, 11) is 0. The summed E-state index contributed by atoms with van der Waals surface area (Å²) < 4.78 is 0. The van der Waals surface area contributed by atoms with Gasteiger partial charge in [0.05, 0.1) is 0 Å². The molecule has 0 spiro atoms. The van der Waals surface area contributed by atoms with Crippen LogP contribution in [0.5, 0.6) is 0 Å². The first-order valence-corrected chi connectivity index (χ1v) is 10.6. The highest BCUT2D eigenvalue weighted by atomic mass is 16.2. The van der Waals surface area contributed by atoms with E-state index >= 15 is 0 Å². The lowest BCUT2D eigenvalue weighted by Gasteiger charge is -2.54. The third-order valence-electron chi connectivity index (χ3n) is 7.75. The summed E-state index contributed by atoms with van der Waals surface area (Å²) in [6.07, 6.45) is 8.28. The Labute approximate surface area is 156 Å². The van der Waals surface area contributed by atoms with Gasteiger partial charge in [-0.3, -0.25) is 9.59 Å². The molecule has 3 heteroatoms. The number of carbonyl (C=O) groups is 2. The van der Waals surface area contributed by atoms with E-state index in [1.165, 1.54) is 32.1 Å². The molecule has 0 atom stereocenters. The van der Waals surface area contributed by atoms with Crippen molar-refractivity contribution in [3.05, 3.63) is 35.9 Å². The van der Waals surface area contributed by atoms with Crippen molar-refractivity contribution < 1.29 is 9.59 Å². The number of benzene rings is 1. The number of carbonyl (C=O) groups excluding carboxylic acids is 2. The number of likely N-dealkylation sites (tertiary alicyclic amines) is 1. The number of hydrogen-bond donors (Lipinski definition) is 0. The first-order chi connectivity index (χ1) is 12.7. The number of piperidine rings is 1. The Balaban J connectivity index is 1.22. The molecule has 0 aromatic heterocycles. The van der Waals surface area contributed by atoms with Crippen molar-refractivity contribution in [2.45, 2.75) is 44.9 Å².